The Hall–Kier alpha value is -2.41. The fraction of sp³-hybridized carbons (Fsp3) is 0.591. The summed E-state index contributed by atoms with van der Waals surface area (Å²) in [5.41, 5.74) is 7.72. The fourth-order valence-corrected chi connectivity index (χ4v) is 4.18. The maximum atomic E-state index is 12.3. The summed E-state index contributed by atoms with van der Waals surface area (Å²) >= 11 is 0. The first-order chi connectivity index (χ1) is 14.1. The van der Waals surface area contributed by atoms with Gasteiger partial charge in [0.15, 0.2) is 0 Å². The van der Waals surface area contributed by atoms with Crippen LogP contribution in [-0.4, -0.2) is 45.8 Å². The second-order valence-corrected chi connectivity index (χ2v) is 8.07. The zero-order valence-corrected chi connectivity index (χ0v) is 17.7. The highest BCUT2D eigenvalue weighted by Gasteiger charge is 2.23. The van der Waals surface area contributed by atoms with Crippen LogP contribution >= 0.6 is 0 Å². The van der Waals surface area contributed by atoms with E-state index in [0.717, 1.165) is 44.0 Å². The number of pyridine rings is 1. The number of fused-ring (bicyclic) bond motifs is 1. The summed E-state index contributed by atoms with van der Waals surface area (Å²) in [4.78, 5) is 23.1. The van der Waals surface area contributed by atoms with E-state index in [9.17, 15) is 4.79 Å². The molecule has 1 aliphatic heterocycles. The largest absolute Gasteiger partial charge is 0.387 e. The second kappa shape index (κ2) is 10.4. The lowest BCUT2D eigenvalue weighted by atomic mass is 9.94. The highest BCUT2D eigenvalue weighted by Crippen LogP contribution is 2.21. The van der Waals surface area contributed by atoms with Crippen molar-refractivity contribution >= 4 is 23.2 Å². The van der Waals surface area contributed by atoms with Gasteiger partial charge in [0.05, 0.1) is 5.69 Å². The maximum absolute atomic E-state index is 12.3. The lowest BCUT2D eigenvalue weighted by molar-refractivity contribution is 0.188. The third-order valence-corrected chi connectivity index (χ3v) is 5.92. The Kier molecular flexibility index (Phi) is 7.63. The van der Waals surface area contributed by atoms with Crippen molar-refractivity contribution in [3.63, 3.8) is 0 Å². The van der Waals surface area contributed by atoms with E-state index in [1.54, 1.807) is 6.20 Å². The molecule has 2 aromatic rings. The number of hydrogen-bond acceptors (Lipinski definition) is 3. The average molecular weight is 399 g/mol. The van der Waals surface area contributed by atoms with Crippen LogP contribution in [0.15, 0.2) is 35.7 Å². The van der Waals surface area contributed by atoms with Crippen LogP contribution in [0.25, 0.3) is 5.65 Å². The zero-order valence-electron chi connectivity index (χ0n) is 17.7. The van der Waals surface area contributed by atoms with Crippen LogP contribution in [-0.2, 0) is 0 Å². The molecule has 1 aliphatic rings. The topological polar surface area (TPSA) is 88.0 Å². The number of carbonyl (C=O) groups is 1. The van der Waals surface area contributed by atoms with Gasteiger partial charge in [0.1, 0.15) is 11.5 Å². The predicted molar refractivity (Wildman–Crippen MR) is 118 cm³/mol. The smallest absolute Gasteiger partial charge is 0.347 e. The molecule has 3 rings (SSSR count). The molecule has 0 aromatic carbocycles. The van der Waals surface area contributed by atoms with Crippen LogP contribution in [0.4, 0.5) is 10.5 Å². The van der Waals surface area contributed by atoms with Crippen molar-refractivity contribution in [2.75, 3.05) is 25.0 Å². The number of aromatic nitrogens is 2. The predicted octanol–water partition coefficient (Wildman–Crippen LogP) is 4.15. The van der Waals surface area contributed by atoms with Gasteiger partial charge in [-0.3, -0.25) is 0 Å². The molecule has 2 amide bonds. The molecule has 2 atom stereocenters. The number of nitrogens with zero attached hydrogens (tertiary/aromatic N) is 4. The van der Waals surface area contributed by atoms with Crippen molar-refractivity contribution in [3.8, 4) is 0 Å². The number of imidazole rings is 1. The molecule has 1 fully saturated rings. The van der Waals surface area contributed by atoms with Crippen molar-refractivity contribution in [1.82, 2.24) is 14.3 Å². The first-order valence-electron chi connectivity index (χ1n) is 10.9. The summed E-state index contributed by atoms with van der Waals surface area (Å²) in [6, 6.07) is 3.24. The third kappa shape index (κ3) is 6.03. The molecule has 0 bridgehead atoms. The van der Waals surface area contributed by atoms with E-state index < -0.39 is 6.03 Å². The maximum Gasteiger partial charge on any atom is 0.347 e. The Bertz CT molecular complexity index is 830. The molecule has 29 heavy (non-hydrogen) atoms. The first kappa shape index (κ1) is 21.3. The van der Waals surface area contributed by atoms with Gasteiger partial charge in [0.25, 0.3) is 0 Å². The van der Waals surface area contributed by atoms with E-state index in [0.29, 0.717) is 11.5 Å². The minimum Gasteiger partial charge on any atom is -0.387 e. The first-order valence-corrected chi connectivity index (χ1v) is 10.9. The summed E-state index contributed by atoms with van der Waals surface area (Å²) in [7, 11) is 0. The van der Waals surface area contributed by atoms with Crippen molar-refractivity contribution in [1.29, 1.82) is 0 Å². The van der Waals surface area contributed by atoms with Gasteiger partial charge < -0.3 is 20.4 Å². The van der Waals surface area contributed by atoms with Crippen molar-refractivity contribution in [3.05, 3.63) is 30.7 Å². The number of hydrogen-bond donors (Lipinski definition) is 2. The van der Waals surface area contributed by atoms with Crippen LogP contribution in [0, 0.1) is 11.8 Å². The fourth-order valence-electron chi connectivity index (χ4n) is 4.18. The average Bonchev–Trinajstić information content (AvgIpc) is 3.19. The Morgan fingerprint density at radius 2 is 2.24 bits per heavy atom. The summed E-state index contributed by atoms with van der Waals surface area (Å²) in [5, 5.41) is 2.80. The number of rotatable bonds is 8. The summed E-state index contributed by atoms with van der Waals surface area (Å²) in [6.45, 7) is 7.66. The molecule has 0 spiro atoms. The highest BCUT2D eigenvalue weighted by molar-refractivity contribution is 6.00. The van der Waals surface area contributed by atoms with Crippen LogP contribution < -0.4 is 11.1 Å². The summed E-state index contributed by atoms with van der Waals surface area (Å²) < 4.78 is 1.85. The number of aliphatic imine (C=N–C) groups is 1. The van der Waals surface area contributed by atoms with Gasteiger partial charge >= 0.3 is 6.03 Å². The van der Waals surface area contributed by atoms with Crippen molar-refractivity contribution < 1.29 is 4.79 Å². The number of carbonyl (C=O) groups excluding carboxylic acids is 1. The number of urea groups is 1. The van der Waals surface area contributed by atoms with Crippen molar-refractivity contribution in [2.24, 2.45) is 22.6 Å². The van der Waals surface area contributed by atoms with Gasteiger partial charge in [-0.05, 0) is 50.4 Å². The second-order valence-electron chi connectivity index (χ2n) is 8.07. The van der Waals surface area contributed by atoms with E-state index in [-0.39, 0.29) is 5.92 Å². The van der Waals surface area contributed by atoms with Gasteiger partial charge in [0.2, 0.25) is 0 Å². The van der Waals surface area contributed by atoms with Crippen LogP contribution in [0.3, 0.4) is 0 Å². The van der Waals surface area contributed by atoms with Crippen LogP contribution in [0.1, 0.15) is 52.4 Å². The van der Waals surface area contributed by atoms with Gasteiger partial charge in [0, 0.05) is 31.1 Å². The number of anilines is 1. The molecule has 158 valence electrons. The van der Waals surface area contributed by atoms with E-state index >= 15 is 0 Å². The molecule has 3 heterocycles. The van der Waals surface area contributed by atoms with E-state index in [4.69, 9.17) is 5.73 Å². The minimum atomic E-state index is -0.423. The van der Waals surface area contributed by atoms with E-state index in [1.807, 2.05) is 28.9 Å². The number of amides is 2. The van der Waals surface area contributed by atoms with Gasteiger partial charge in [-0.15, -0.1) is 0 Å². The molecule has 0 saturated carbocycles. The number of amidine groups is 1. The van der Waals surface area contributed by atoms with Gasteiger partial charge in [-0.25, -0.2) is 9.78 Å². The minimum absolute atomic E-state index is 0.150. The number of piperidine rings is 1. The normalized spacial score (nSPS) is 19.4. The SMILES string of the molecule is CCCC(CC)CCN1CCCC(/C(N)=N/C(=O)Nc2ccc3nccn3c2)C1. The van der Waals surface area contributed by atoms with Gasteiger partial charge in [-0.2, -0.15) is 4.99 Å². The molecule has 3 N–H and O–H groups in total. The summed E-state index contributed by atoms with van der Waals surface area (Å²) in [6.07, 6.45) is 12.5. The number of nitrogens with two attached hydrogens (primary N) is 1. The lowest BCUT2D eigenvalue weighted by Gasteiger charge is -2.33. The standard InChI is InChI=1S/C22H34N6O/c1-3-6-17(4-2)10-13-27-12-5-7-18(15-27)21(23)26-22(29)25-19-8-9-20-24-11-14-28(20)16-19/h8-9,11,14,16-18H,3-7,10,12-13,15H2,1-2H3,(H3,23,25,26,29). The van der Waals surface area contributed by atoms with E-state index in [2.05, 4.69) is 34.0 Å². The Morgan fingerprint density at radius 1 is 1.38 bits per heavy atom. The number of nitrogens with one attached hydrogen (secondary N) is 1. The number of likely N-dealkylation sites (tertiary alicyclic amines) is 1. The third-order valence-electron chi connectivity index (χ3n) is 5.92. The molecule has 2 aromatic heterocycles. The Labute approximate surface area is 173 Å². The Morgan fingerprint density at radius 3 is 3.03 bits per heavy atom. The molecule has 0 aliphatic carbocycles. The quantitative estimate of drug-likeness (QED) is 0.516. The summed E-state index contributed by atoms with van der Waals surface area (Å²) in [5.74, 6) is 1.40. The molecule has 1 saturated heterocycles. The van der Waals surface area contributed by atoms with Crippen LogP contribution in [0.2, 0.25) is 0 Å². The molecule has 7 nitrogen and oxygen atoms in total. The molecule has 0 radical (unpaired) electrons. The molecule has 7 heteroatoms. The Balaban J connectivity index is 1.53. The monoisotopic (exact) mass is 398 g/mol. The molecular formula is C22H34N6O. The molecule has 2 unspecified atom stereocenters. The lowest BCUT2D eigenvalue weighted by Crippen LogP contribution is -2.42. The van der Waals surface area contributed by atoms with Crippen LogP contribution in [0.5, 0.6) is 0 Å². The van der Waals surface area contributed by atoms with Gasteiger partial charge in [-0.1, -0.05) is 33.1 Å². The zero-order chi connectivity index (χ0) is 20.6. The molecular weight excluding hydrogens is 364 g/mol. The highest BCUT2D eigenvalue weighted by atomic mass is 16.2. The van der Waals surface area contributed by atoms with E-state index in [1.165, 1.54) is 25.7 Å². The van der Waals surface area contributed by atoms with Crippen molar-refractivity contribution in [2.45, 2.75) is 52.4 Å².